The molecule has 1 fully saturated rings. The number of ketones is 1. The van der Waals surface area contributed by atoms with E-state index in [1.165, 1.54) is 6.42 Å². The topological polar surface area (TPSA) is 17.1 Å². The van der Waals surface area contributed by atoms with Gasteiger partial charge in [0.2, 0.25) is 0 Å². The van der Waals surface area contributed by atoms with Crippen LogP contribution < -0.4 is 0 Å². The van der Waals surface area contributed by atoms with Gasteiger partial charge in [-0.15, -0.1) is 0 Å². The van der Waals surface area contributed by atoms with Crippen molar-refractivity contribution in [2.75, 3.05) is 5.75 Å². The molecule has 0 aromatic heterocycles. The molecule has 1 atom stereocenters. The van der Waals surface area contributed by atoms with Gasteiger partial charge in [0.1, 0.15) is 0 Å². The van der Waals surface area contributed by atoms with Gasteiger partial charge in [-0.2, -0.15) is 11.8 Å². The van der Waals surface area contributed by atoms with Crippen LogP contribution in [0.3, 0.4) is 0 Å². The molecule has 0 aliphatic carbocycles. The molecule has 1 nitrogen and oxygen atoms in total. The molecule has 0 saturated carbocycles. The smallest absolute Gasteiger partial charge is 0.175 e. The predicted molar refractivity (Wildman–Crippen MR) is 69.0 cm³/mol. The van der Waals surface area contributed by atoms with Gasteiger partial charge >= 0.3 is 0 Å². The van der Waals surface area contributed by atoms with Crippen molar-refractivity contribution in [3.8, 4) is 0 Å². The molecule has 74 valence electrons. The van der Waals surface area contributed by atoms with Crippen LogP contribution in [0.15, 0.2) is 24.3 Å². The van der Waals surface area contributed by atoms with E-state index >= 15 is 0 Å². The maximum atomic E-state index is 12.0. The van der Waals surface area contributed by atoms with Gasteiger partial charge in [-0.25, -0.2) is 0 Å². The number of hydrogen-bond acceptors (Lipinski definition) is 2. The van der Waals surface area contributed by atoms with Crippen LogP contribution in [0, 0.1) is 3.57 Å². The first-order valence-corrected chi connectivity index (χ1v) is 6.81. The van der Waals surface area contributed by atoms with Crippen LogP contribution in [0.25, 0.3) is 0 Å². The van der Waals surface area contributed by atoms with E-state index in [9.17, 15) is 4.79 Å². The number of benzene rings is 1. The van der Waals surface area contributed by atoms with E-state index in [1.807, 2.05) is 24.3 Å². The molecule has 0 bridgehead atoms. The number of hydrogen-bond donors (Lipinski definition) is 0. The van der Waals surface area contributed by atoms with E-state index in [4.69, 9.17) is 0 Å². The second-order valence-corrected chi connectivity index (χ2v) is 5.93. The second-order valence-electron chi connectivity index (χ2n) is 3.38. The van der Waals surface area contributed by atoms with Crippen LogP contribution in [0.5, 0.6) is 0 Å². The molecule has 0 radical (unpaired) electrons. The van der Waals surface area contributed by atoms with Gasteiger partial charge in [0.05, 0.1) is 5.25 Å². The largest absolute Gasteiger partial charge is 0.293 e. The Morgan fingerprint density at radius 3 is 3.00 bits per heavy atom. The highest BCUT2D eigenvalue weighted by Crippen LogP contribution is 2.29. The lowest BCUT2D eigenvalue weighted by Crippen LogP contribution is -2.13. The number of thioether (sulfide) groups is 1. The van der Waals surface area contributed by atoms with Crippen LogP contribution >= 0.6 is 34.4 Å². The maximum Gasteiger partial charge on any atom is 0.175 e. The highest BCUT2D eigenvalue weighted by atomic mass is 127. The SMILES string of the molecule is O=C(c1cccc(I)c1)C1CCCS1. The lowest BCUT2D eigenvalue weighted by Gasteiger charge is -2.07. The van der Waals surface area contributed by atoms with Gasteiger partial charge < -0.3 is 0 Å². The first kappa shape index (κ1) is 10.5. The molecule has 2 rings (SSSR count). The lowest BCUT2D eigenvalue weighted by atomic mass is 10.1. The van der Waals surface area contributed by atoms with E-state index in [0.717, 1.165) is 21.3 Å². The molecule has 1 unspecified atom stereocenters. The van der Waals surface area contributed by atoms with E-state index in [1.54, 1.807) is 11.8 Å². The summed E-state index contributed by atoms with van der Waals surface area (Å²) in [6.45, 7) is 0. The van der Waals surface area contributed by atoms with Gasteiger partial charge in [-0.1, -0.05) is 12.1 Å². The number of Topliss-reactive ketones (excluding diaryl/α,β-unsaturated/α-hetero) is 1. The summed E-state index contributed by atoms with van der Waals surface area (Å²) in [5.74, 6) is 1.45. The minimum Gasteiger partial charge on any atom is -0.293 e. The van der Waals surface area contributed by atoms with Gasteiger partial charge in [0.15, 0.2) is 5.78 Å². The average molecular weight is 318 g/mol. The second kappa shape index (κ2) is 4.66. The fraction of sp³-hybridized carbons (Fsp3) is 0.364. The van der Waals surface area contributed by atoms with Gasteiger partial charge in [0, 0.05) is 9.13 Å². The van der Waals surface area contributed by atoms with Crippen molar-refractivity contribution in [3.63, 3.8) is 0 Å². The normalized spacial score (nSPS) is 21.1. The number of carbonyl (C=O) groups excluding carboxylic acids is 1. The molecular formula is C11H11IOS. The Morgan fingerprint density at radius 1 is 1.50 bits per heavy atom. The first-order chi connectivity index (χ1) is 6.77. The van der Waals surface area contributed by atoms with Crippen LogP contribution in [-0.4, -0.2) is 16.8 Å². The number of carbonyl (C=O) groups is 1. The summed E-state index contributed by atoms with van der Waals surface area (Å²) in [5, 5.41) is 0.216. The van der Waals surface area contributed by atoms with Crippen LogP contribution in [0.2, 0.25) is 0 Å². The van der Waals surface area contributed by atoms with Crippen LogP contribution in [-0.2, 0) is 0 Å². The molecule has 0 amide bonds. The minimum atomic E-state index is 0.216. The molecule has 14 heavy (non-hydrogen) atoms. The Hall–Kier alpha value is -0.0300. The van der Waals surface area contributed by atoms with Gasteiger partial charge in [0.25, 0.3) is 0 Å². The molecule has 1 saturated heterocycles. The molecule has 1 aliphatic heterocycles. The van der Waals surface area contributed by atoms with Crippen LogP contribution in [0.1, 0.15) is 23.2 Å². The first-order valence-electron chi connectivity index (χ1n) is 4.69. The zero-order valence-corrected chi connectivity index (χ0v) is 10.7. The van der Waals surface area contributed by atoms with E-state index in [2.05, 4.69) is 22.6 Å². The third-order valence-corrected chi connectivity index (χ3v) is 4.38. The third-order valence-electron chi connectivity index (χ3n) is 2.33. The minimum absolute atomic E-state index is 0.216. The predicted octanol–water partition coefficient (Wildman–Crippen LogP) is 3.37. The van der Waals surface area contributed by atoms with Crippen molar-refractivity contribution < 1.29 is 4.79 Å². The van der Waals surface area contributed by atoms with E-state index < -0.39 is 0 Å². The zero-order valence-electron chi connectivity index (χ0n) is 7.70. The zero-order chi connectivity index (χ0) is 9.97. The van der Waals surface area contributed by atoms with Gasteiger partial charge in [-0.3, -0.25) is 4.79 Å². The Kier molecular flexibility index (Phi) is 3.49. The monoisotopic (exact) mass is 318 g/mol. The Morgan fingerprint density at radius 2 is 2.36 bits per heavy atom. The standard InChI is InChI=1S/C11H11IOS/c12-9-4-1-3-8(7-9)11(13)10-5-2-6-14-10/h1,3-4,7,10H,2,5-6H2. The number of rotatable bonds is 2. The highest BCUT2D eigenvalue weighted by molar-refractivity contribution is 14.1. The van der Waals surface area contributed by atoms with Crippen molar-refractivity contribution in [3.05, 3.63) is 33.4 Å². The Balaban J connectivity index is 2.17. The lowest BCUT2D eigenvalue weighted by molar-refractivity contribution is 0.0988. The van der Waals surface area contributed by atoms with E-state index in [-0.39, 0.29) is 5.25 Å². The molecule has 0 spiro atoms. The average Bonchev–Trinajstić information content (AvgIpc) is 2.69. The maximum absolute atomic E-state index is 12.0. The summed E-state index contributed by atoms with van der Waals surface area (Å²) < 4.78 is 1.14. The molecule has 1 heterocycles. The highest BCUT2D eigenvalue weighted by Gasteiger charge is 2.24. The summed E-state index contributed by atoms with van der Waals surface area (Å²) in [7, 11) is 0. The fourth-order valence-electron chi connectivity index (χ4n) is 1.61. The summed E-state index contributed by atoms with van der Waals surface area (Å²) in [5.41, 5.74) is 0.872. The molecular weight excluding hydrogens is 307 g/mol. The molecule has 0 N–H and O–H groups in total. The number of halogens is 1. The van der Waals surface area contributed by atoms with Crippen molar-refractivity contribution in [2.45, 2.75) is 18.1 Å². The van der Waals surface area contributed by atoms with Gasteiger partial charge in [-0.05, 0) is 53.3 Å². The molecule has 3 heteroatoms. The fourth-order valence-corrected chi connectivity index (χ4v) is 3.39. The molecule has 1 aliphatic rings. The van der Waals surface area contributed by atoms with E-state index in [0.29, 0.717) is 5.78 Å². The van der Waals surface area contributed by atoms with Crippen molar-refractivity contribution in [1.29, 1.82) is 0 Å². The van der Waals surface area contributed by atoms with Crippen molar-refractivity contribution >= 4 is 40.1 Å². The van der Waals surface area contributed by atoms with Crippen molar-refractivity contribution in [2.24, 2.45) is 0 Å². The third kappa shape index (κ3) is 2.31. The molecule has 1 aromatic rings. The Bertz CT molecular complexity index is 345. The quantitative estimate of drug-likeness (QED) is 0.614. The van der Waals surface area contributed by atoms with Crippen LogP contribution in [0.4, 0.5) is 0 Å². The summed E-state index contributed by atoms with van der Waals surface area (Å²) in [6.07, 6.45) is 2.24. The molecule has 1 aromatic carbocycles. The summed E-state index contributed by atoms with van der Waals surface area (Å²) in [4.78, 5) is 12.0. The van der Waals surface area contributed by atoms with Crippen molar-refractivity contribution in [1.82, 2.24) is 0 Å². The summed E-state index contributed by atoms with van der Waals surface area (Å²) in [6, 6.07) is 7.86. The Labute approximate surface area is 102 Å². The summed E-state index contributed by atoms with van der Waals surface area (Å²) >= 11 is 4.04.